The van der Waals surface area contributed by atoms with Gasteiger partial charge in [-0.1, -0.05) is 103 Å². The van der Waals surface area contributed by atoms with Crippen LogP contribution >= 0.6 is 0 Å². The quantitative estimate of drug-likeness (QED) is 0.184. The van der Waals surface area contributed by atoms with Crippen LogP contribution in [0.15, 0.2) is 170 Å². The van der Waals surface area contributed by atoms with Crippen LogP contribution in [-0.4, -0.2) is 24.1 Å². The summed E-state index contributed by atoms with van der Waals surface area (Å²) < 4.78 is 4.68. The first-order valence-electron chi connectivity index (χ1n) is 17.2. The Morgan fingerprint density at radius 1 is 0.385 bits per heavy atom. The van der Waals surface area contributed by atoms with Crippen LogP contribution in [0, 0.1) is 11.3 Å². The van der Waals surface area contributed by atoms with Crippen molar-refractivity contribution in [3.8, 4) is 51.6 Å². The highest BCUT2D eigenvalue weighted by Crippen LogP contribution is 2.42. The van der Waals surface area contributed by atoms with E-state index in [4.69, 9.17) is 15.0 Å². The maximum atomic E-state index is 9.46. The van der Waals surface area contributed by atoms with Gasteiger partial charge < -0.3 is 9.13 Å². The normalized spacial score (nSPS) is 11.4. The molecular weight excluding hydrogens is 637 g/mol. The van der Waals surface area contributed by atoms with Crippen molar-refractivity contribution in [3.05, 3.63) is 175 Å². The van der Waals surface area contributed by atoms with E-state index in [1.807, 2.05) is 84.9 Å². The molecule has 0 unspecified atom stereocenters. The lowest BCUT2D eigenvalue weighted by molar-refractivity contribution is 1.07. The zero-order chi connectivity index (χ0) is 34.6. The van der Waals surface area contributed by atoms with E-state index in [0.29, 0.717) is 23.0 Å². The second-order valence-corrected chi connectivity index (χ2v) is 12.8. The van der Waals surface area contributed by atoms with Gasteiger partial charge in [0.25, 0.3) is 0 Å². The third-order valence-corrected chi connectivity index (χ3v) is 9.81. The summed E-state index contributed by atoms with van der Waals surface area (Å²) in [7, 11) is 0. The lowest BCUT2D eigenvalue weighted by Gasteiger charge is -2.12. The molecule has 0 bridgehead atoms. The topological polar surface area (TPSA) is 72.3 Å². The van der Waals surface area contributed by atoms with E-state index < -0.39 is 0 Å². The average molecular weight is 665 g/mol. The number of rotatable bonds is 5. The van der Waals surface area contributed by atoms with E-state index >= 15 is 0 Å². The molecule has 52 heavy (non-hydrogen) atoms. The fraction of sp³-hybridized carbons (Fsp3) is 0. The first-order valence-corrected chi connectivity index (χ1v) is 17.2. The zero-order valence-corrected chi connectivity index (χ0v) is 27.8. The molecule has 3 aromatic heterocycles. The third kappa shape index (κ3) is 4.68. The fourth-order valence-electron chi connectivity index (χ4n) is 7.44. The first kappa shape index (κ1) is 29.5. The van der Waals surface area contributed by atoms with Crippen LogP contribution in [0.1, 0.15) is 5.56 Å². The van der Waals surface area contributed by atoms with Gasteiger partial charge in [-0.25, -0.2) is 15.0 Å². The fourth-order valence-corrected chi connectivity index (χ4v) is 7.44. The van der Waals surface area contributed by atoms with Crippen LogP contribution in [0.2, 0.25) is 0 Å². The number of fused-ring (bicyclic) bond motifs is 7. The van der Waals surface area contributed by atoms with Crippen molar-refractivity contribution in [2.45, 2.75) is 0 Å². The van der Waals surface area contributed by atoms with Gasteiger partial charge in [-0.05, 0) is 66.7 Å². The van der Waals surface area contributed by atoms with Crippen LogP contribution in [0.25, 0.3) is 89.2 Å². The smallest absolute Gasteiger partial charge is 0.164 e. The Hall–Kier alpha value is -7.36. The predicted octanol–water partition coefficient (Wildman–Crippen LogP) is 10.9. The highest BCUT2D eigenvalue weighted by atomic mass is 15.0. The SMILES string of the molecule is N#Cc1ccc(-n2c3ccccc3c3c2ccc2c4ccccc4n(-c4ccc(-c5nc(-c6ccccc6)nc(-c6ccccc6)n5)cc4)c23)cc1. The van der Waals surface area contributed by atoms with Crippen molar-refractivity contribution < 1.29 is 0 Å². The molecule has 0 atom stereocenters. The summed E-state index contributed by atoms with van der Waals surface area (Å²) in [4.78, 5) is 14.8. The molecule has 3 heterocycles. The molecule has 0 N–H and O–H groups in total. The molecule has 0 saturated carbocycles. The molecular formula is C46H28N6. The van der Waals surface area contributed by atoms with Crippen LogP contribution < -0.4 is 0 Å². The minimum atomic E-state index is 0.620. The summed E-state index contributed by atoms with van der Waals surface area (Å²) in [6, 6.07) is 60.3. The van der Waals surface area contributed by atoms with Crippen molar-refractivity contribution in [2.75, 3.05) is 0 Å². The standard InChI is InChI=1S/C46H28N6/c47-29-30-19-23-34(24-20-30)51-40-18-10-8-16-38(40)42-41(51)28-27-37-36-15-7-9-17-39(36)52(43(37)42)35-25-21-33(22-26-35)46-49-44(31-11-3-1-4-12-31)48-45(50-46)32-13-5-2-6-14-32/h1-28H. The second-order valence-electron chi connectivity index (χ2n) is 12.8. The second kappa shape index (κ2) is 11.9. The highest BCUT2D eigenvalue weighted by Gasteiger charge is 2.21. The largest absolute Gasteiger partial charge is 0.309 e. The van der Waals surface area contributed by atoms with E-state index in [1.54, 1.807) is 0 Å². The molecule has 0 fully saturated rings. The van der Waals surface area contributed by atoms with Crippen LogP contribution in [-0.2, 0) is 0 Å². The summed E-state index contributed by atoms with van der Waals surface area (Å²) in [6.07, 6.45) is 0. The first-order chi connectivity index (χ1) is 25.7. The van der Waals surface area contributed by atoms with Crippen molar-refractivity contribution >= 4 is 43.6 Å². The Labute approximate surface area is 299 Å². The van der Waals surface area contributed by atoms with Crippen LogP contribution in [0.3, 0.4) is 0 Å². The molecule has 242 valence electrons. The molecule has 10 aromatic rings. The molecule has 0 saturated heterocycles. The number of hydrogen-bond acceptors (Lipinski definition) is 4. The average Bonchev–Trinajstić information content (AvgIpc) is 3.74. The molecule has 0 aliphatic carbocycles. The molecule has 6 heteroatoms. The van der Waals surface area contributed by atoms with Gasteiger partial charge in [0.05, 0.1) is 33.7 Å². The minimum Gasteiger partial charge on any atom is -0.309 e. The van der Waals surface area contributed by atoms with Crippen molar-refractivity contribution in [2.24, 2.45) is 0 Å². The number of benzene rings is 7. The van der Waals surface area contributed by atoms with Crippen molar-refractivity contribution in [3.63, 3.8) is 0 Å². The van der Waals surface area contributed by atoms with E-state index in [2.05, 4.69) is 100 Å². The summed E-state index contributed by atoms with van der Waals surface area (Å²) >= 11 is 0. The van der Waals surface area contributed by atoms with E-state index in [9.17, 15) is 5.26 Å². The number of aromatic nitrogens is 5. The Morgan fingerprint density at radius 3 is 1.46 bits per heavy atom. The van der Waals surface area contributed by atoms with E-state index in [1.165, 1.54) is 21.5 Å². The van der Waals surface area contributed by atoms with Gasteiger partial charge >= 0.3 is 0 Å². The molecule has 0 amide bonds. The van der Waals surface area contributed by atoms with Crippen LogP contribution in [0.5, 0.6) is 0 Å². The number of para-hydroxylation sites is 2. The van der Waals surface area contributed by atoms with Crippen molar-refractivity contribution in [1.82, 2.24) is 24.1 Å². The lowest BCUT2D eigenvalue weighted by atomic mass is 10.1. The predicted molar refractivity (Wildman–Crippen MR) is 210 cm³/mol. The Balaban J connectivity index is 1.19. The summed E-state index contributed by atoms with van der Waals surface area (Å²) in [5.41, 5.74) is 9.97. The van der Waals surface area contributed by atoms with Gasteiger partial charge in [0, 0.05) is 49.6 Å². The minimum absolute atomic E-state index is 0.620. The third-order valence-electron chi connectivity index (χ3n) is 9.81. The Morgan fingerprint density at radius 2 is 0.865 bits per heavy atom. The Bertz CT molecular complexity index is 2930. The summed E-state index contributed by atoms with van der Waals surface area (Å²) in [5.74, 6) is 1.89. The van der Waals surface area contributed by atoms with Crippen molar-refractivity contribution in [1.29, 1.82) is 5.26 Å². The molecule has 0 aliphatic heterocycles. The molecule has 0 radical (unpaired) electrons. The Kier molecular flexibility index (Phi) is 6.76. The van der Waals surface area contributed by atoms with Crippen LogP contribution in [0.4, 0.5) is 0 Å². The number of nitrogens with zero attached hydrogens (tertiary/aromatic N) is 6. The number of hydrogen-bond donors (Lipinski definition) is 0. The van der Waals surface area contributed by atoms with Gasteiger partial charge in [0.1, 0.15) is 0 Å². The molecule has 7 aromatic carbocycles. The van der Waals surface area contributed by atoms with Gasteiger partial charge in [-0.3, -0.25) is 0 Å². The van der Waals surface area contributed by atoms with Gasteiger partial charge in [0.15, 0.2) is 17.5 Å². The molecule has 6 nitrogen and oxygen atoms in total. The highest BCUT2D eigenvalue weighted by molar-refractivity contribution is 6.26. The maximum absolute atomic E-state index is 9.46. The van der Waals surface area contributed by atoms with Gasteiger partial charge in [-0.2, -0.15) is 5.26 Å². The molecule has 0 spiro atoms. The number of nitriles is 1. The molecule has 10 rings (SSSR count). The lowest BCUT2D eigenvalue weighted by Crippen LogP contribution is -2.00. The molecule has 0 aliphatic rings. The zero-order valence-electron chi connectivity index (χ0n) is 27.8. The van der Waals surface area contributed by atoms with Gasteiger partial charge in [0.2, 0.25) is 0 Å². The van der Waals surface area contributed by atoms with E-state index in [-0.39, 0.29) is 0 Å². The summed E-state index contributed by atoms with van der Waals surface area (Å²) in [5, 5.41) is 14.2. The monoisotopic (exact) mass is 664 g/mol. The van der Waals surface area contributed by atoms with Gasteiger partial charge in [-0.15, -0.1) is 0 Å². The maximum Gasteiger partial charge on any atom is 0.164 e. The summed E-state index contributed by atoms with van der Waals surface area (Å²) in [6.45, 7) is 0. The van der Waals surface area contributed by atoms with E-state index in [0.717, 1.165) is 50.1 Å².